The Hall–Kier alpha value is -3.40. The number of ether oxygens (including phenoxy) is 2. The fourth-order valence-electron chi connectivity index (χ4n) is 3.92. The van der Waals surface area contributed by atoms with Gasteiger partial charge < -0.3 is 9.47 Å². The summed E-state index contributed by atoms with van der Waals surface area (Å²) in [4.78, 5) is 26.1. The zero-order chi connectivity index (χ0) is 24.0. The molecule has 0 bridgehead atoms. The van der Waals surface area contributed by atoms with Crippen molar-refractivity contribution in [2.24, 2.45) is 0 Å². The van der Waals surface area contributed by atoms with Crippen molar-refractivity contribution >= 4 is 11.9 Å². The Labute approximate surface area is 196 Å². The van der Waals surface area contributed by atoms with Crippen LogP contribution in [0.25, 0.3) is 0 Å². The van der Waals surface area contributed by atoms with Crippen LogP contribution in [0.5, 0.6) is 11.5 Å². The topological polar surface area (TPSA) is 52.6 Å². The van der Waals surface area contributed by atoms with E-state index in [4.69, 9.17) is 9.47 Å². The standard InChI is InChI=1S/C29H32O4/c1-6-13-23-18-24(19(2)3)25(20(4)5)27(33-29(31)22-16-11-8-12-17-22)26(23)32-28(30)21-14-9-7-10-15-21/h7-12,14-20H,6,13H2,1-5H3. The lowest BCUT2D eigenvalue weighted by Gasteiger charge is -2.24. The molecule has 0 N–H and O–H groups in total. The van der Waals surface area contributed by atoms with Gasteiger partial charge in [-0.3, -0.25) is 0 Å². The number of benzene rings is 3. The van der Waals surface area contributed by atoms with Crippen molar-refractivity contribution in [3.8, 4) is 11.5 Å². The van der Waals surface area contributed by atoms with E-state index in [-0.39, 0.29) is 11.8 Å². The lowest BCUT2D eigenvalue weighted by atomic mass is 9.86. The van der Waals surface area contributed by atoms with Crippen LogP contribution in [0, 0.1) is 0 Å². The van der Waals surface area contributed by atoms with Crippen LogP contribution < -0.4 is 9.47 Å². The average Bonchev–Trinajstić information content (AvgIpc) is 2.81. The van der Waals surface area contributed by atoms with Gasteiger partial charge in [0.25, 0.3) is 0 Å². The first kappa shape index (κ1) is 24.2. The Morgan fingerprint density at radius 2 is 1.21 bits per heavy atom. The predicted octanol–water partition coefficient (Wildman–Crippen LogP) is 7.32. The van der Waals surface area contributed by atoms with Gasteiger partial charge in [-0.1, -0.05) is 83.5 Å². The second-order valence-corrected chi connectivity index (χ2v) is 8.77. The zero-order valence-electron chi connectivity index (χ0n) is 20.1. The first-order valence-electron chi connectivity index (χ1n) is 11.6. The highest BCUT2D eigenvalue weighted by Gasteiger charge is 2.27. The minimum absolute atomic E-state index is 0.0610. The van der Waals surface area contributed by atoms with Crippen molar-refractivity contribution in [2.45, 2.75) is 59.3 Å². The Bertz CT molecular complexity index is 1100. The number of rotatable bonds is 8. The van der Waals surface area contributed by atoms with E-state index < -0.39 is 11.9 Å². The summed E-state index contributed by atoms with van der Waals surface area (Å²) in [5, 5.41) is 0. The van der Waals surface area contributed by atoms with Crippen LogP contribution >= 0.6 is 0 Å². The number of carbonyl (C=O) groups excluding carboxylic acids is 2. The molecule has 0 spiro atoms. The van der Waals surface area contributed by atoms with Crippen LogP contribution in [0.1, 0.15) is 90.3 Å². The summed E-state index contributed by atoms with van der Waals surface area (Å²) in [6.07, 6.45) is 1.56. The van der Waals surface area contributed by atoms with Gasteiger partial charge in [-0.25, -0.2) is 9.59 Å². The summed E-state index contributed by atoms with van der Waals surface area (Å²) >= 11 is 0. The third kappa shape index (κ3) is 5.70. The molecule has 0 radical (unpaired) electrons. The van der Waals surface area contributed by atoms with Gasteiger partial charge in [-0.05, 0) is 53.6 Å². The summed E-state index contributed by atoms with van der Waals surface area (Å²) in [6.45, 7) is 10.4. The maximum absolute atomic E-state index is 13.1. The highest BCUT2D eigenvalue weighted by atomic mass is 16.6. The Balaban J connectivity index is 2.19. The van der Waals surface area contributed by atoms with Crippen LogP contribution in [-0.4, -0.2) is 11.9 Å². The van der Waals surface area contributed by atoms with Gasteiger partial charge in [0.05, 0.1) is 11.1 Å². The summed E-state index contributed by atoms with van der Waals surface area (Å²) in [7, 11) is 0. The zero-order valence-corrected chi connectivity index (χ0v) is 20.1. The molecule has 0 unspecified atom stereocenters. The molecule has 33 heavy (non-hydrogen) atoms. The fraction of sp³-hybridized carbons (Fsp3) is 0.310. The SMILES string of the molecule is CCCc1cc(C(C)C)c(C(C)C)c(OC(=O)c2ccccc2)c1OC(=O)c1ccccc1. The molecule has 0 atom stereocenters. The smallest absolute Gasteiger partial charge is 0.343 e. The number of hydrogen-bond acceptors (Lipinski definition) is 4. The minimum Gasteiger partial charge on any atom is -0.419 e. The van der Waals surface area contributed by atoms with E-state index in [0.29, 0.717) is 29.0 Å². The molecule has 0 fully saturated rings. The fourth-order valence-corrected chi connectivity index (χ4v) is 3.92. The third-order valence-electron chi connectivity index (χ3n) is 5.51. The maximum atomic E-state index is 13.1. The van der Waals surface area contributed by atoms with Gasteiger partial charge in [-0.2, -0.15) is 0 Å². The second-order valence-electron chi connectivity index (χ2n) is 8.77. The molecule has 172 valence electrons. The Kier molecular flexibility index (Phi) is 8.05. The van der Waals surface area contributed by atoms with Crippen molar-refractivity contribution in [1.29, 1.82) is 0 Å². The predicted molar refractivity (Wildman–Crippen MR) is 131 cm³/mol. The lowest BCUT2D eigenvalue weighted by molar-refractivity contribution is 0.0679. The van der Waals surface area contributed by atoms with Gasteiger partial charge in [-0.15, -0.1) is 0 Å². The quantitative estimate of drug-likeness (QED) is 0.270. The maximum Gasteiger partial charge on any atom is 0.343 e. The normalized spacial score (nSPS) is 11.0. The molecule has 0 saturated carbocycles. The molecular formula is C29H32O4. The number of esters is 2. The van der Waals surface area contributed by atoms with Gasteiger partial charge >= 0.3 is 11.9 Å². The molecule has 0 heterocycles. The lowest BCUT2D eigenvalue weighted by Crippen LogP contribution is -2.17. The van der Waals surface area contributed by atoms with Crippen LogP contribution in [0.3, 0.4) is 0 Å². The van der Waals surface area contributed by atoms with Crippen LogP contribution in [0.4, 0.5) is 0 Å². The van der Waals surface area contributed by atoms with E-state index in [1.807, 2.05) is 12.1 Å². The van der Waals surface area contributed by atoms with E-state index >= 15 is 0 Å². The molecule has 0 aromatic heterocycles. The molecule has 4 nitrogen and oxygen atoms in total. The molecule has 3 aromatic carbocycles. The van der Waals surface area contributed by atoms with Crippen molar-refractivity contribution in [3.05, 3.63) is 94.5 Å². The summed E-state index contributed by atoms with van der Waals surface area (Å²) in [5.41, 5.74) is 3.75. The van der Waals surface area contributed by atoms with Gasteiger partial charge in [0.15, 0.2) is 11.5 Å². The summed E-state index contributed by atoms with van der Waals surface area (Å²) in [6, 6.07) is 19.8. The number of aryl methyl sites for hydroxylation is 1. The van der Waals surface area contributed by atoms with Crippen LogP contribution in [0.15, 0.2) is 66.7 Å². The highest BCUT2D eigenvalue weighted by molar-refractivity contribution is 5.93. The summed E-state index contributed by atoms with van der Waals surface area (Å²) in [5.74, 6) is 0.00702. The molecule has 0 saturated heterocycles. The van der Waals surface area contributed by atoms with Crippen LogP contribution in [-0.2, 0) is 6.42 Å². The van der Waals surface area contributed by atoms with Crippen LogP contribution in [0.2, 0.25) is 0 Å². The second kappa shape index (κ2) is 11.0. The molecule has 4 heteroatoms. The monoisotopic (exact) mass is 444 g/mol. The van der Waals surface area contributed by atoms with E-state index in [1.54, 1.807) is 48.5 Å². The average molecular weight is 445 g/mol. The van der Waals surface area contributed by atoms with E-state index in [1.165, 1.54) is 0 Å². The summed E-state index contributed by atoms with van der Waals surface area (Å²) < 4.78 is 12.0. The molecule has 0 amide bonds. The van der Waals surface area contributed by atoms with Crippen molar-refractivity contribution < 1.29 is 19.1 Å². The van der Waals surface area contributed by atoms with Crippen molar-refractivity contribution in [3.63, 3.8) is 0 Å². The molecular weight excluding hydrogens is 412 g/mol. The van der Waals surface area contributed by atoms with E-state index in [0.717, 1.165) is 23.1 Å². The molecule has 3 aromatic rings. The van der Waals surface area contributed by atoms with Gasteiger partial charge in [0, 0.05) is 5.56 Å². The highest BCUT2D eigenvalue weighted by Crippen LogP contribution is 2.44. The van der Waals surface area contributed by atoms with Gasteiger partial charge in [0.2, 0.25) is 0 Å². The van der Waals surface area contributed by atoms with Crippen molar-refractivity contribution in [1.82, 2.24) is 0 Å². The third-order valence-corrected chi connectivity index (χ3v) is 5.51. The molecule has 0 aliphatic heterocycles. The molecule has 0 aliphatic carbocycles. The van der Waals surface area contributed by atoms with E-state index in [2.05, 4.69) is 40.7 Å². The number of hydrogen-bond donors (Lipinski definition) is 0. The molecule has 0 aliphatic rings. The van der Waals surface area contributed by atoms with Crippen molar-refractivity contribution in [2.75, 3.05) is 0 Å². The van der Waals surface area contributed by atoms with Gasteiger partial charge in [0.1, 0.15) is 0 Å². The Morgan fingerprint density at radius 1 is 0.727 bits per heavy atom. The first-order chi connectivity index (χ1) is 15.8. The largest absolute Gasteiger partial charge is 0.419 e. The number of carbonyl (C=O) groups is 2. The van der Waals surface area contributed by atoms with E-state index in [9.17, 15) is 9.59 Å². The first-order valence-corrected chi connectivity index (χ1v) is 11.6. The minimum atomic E-state index is -0.475. The Morgan fingerprint density at radius 3 is 1.64 bits per heavy atom. The molecule has 3 rings (SSSR count).